The molecule has 0 aliphatic carbocycles. The van der Waals surface area contributed by atoms with Crippen LogP contribution in [0.1, 0.15) is 40.4 Å². The van der Waals surface area contributed by atoms with E-state index in [1.54, 1.807) is 25.8 Å². The molecule has 1 amide bonds. The number of imidazole rings is 1. The van der Waals surface area contributed by atoms with E-state index in [4.69, 9.17) is 4.74 Å². The van der Waals surface area contributed by atoms with E-state index in [0.717, 1.165) is 41.9 Å². The van der Waals surface area contributed by atoms with Crippen LogP contribution < -0.4 is 4.74 Å². The van der Waals surface area contributed by atoms with Gasteiger partial charge in [0, 0.05) is 25.1 Å². The molecule has 1 aliphatic heterocycles. The summed E-state index contributed by atoms with van der Waals surface area (Å²) in [6.45, 7) is 1.36. The second-order valence-corrected chi connectivity index (χ2v) is 7.73. The maximum atomic E-state index is 13.3. The van der Waals surface area contributed by atoms with Gasteiger partial charge in [0.2, 0.25) is 0 Å². The minimum atomic E-state index is -0.0125. The fraction of sp³-hybridized carbons (Fsp3) is 0.250. The Labute approximate surface area is 180 Å². The van der Waals surface area contributed by atoms with Crippen molar-refractivity contribution in [2.24, 2.45) is 0 Å². The fourth-order valence-corrected chi connectivity index (χ4v) is 4.24. The number of benzene rings is 1. The Kier molecular flexibility index (Phi) is 5.08. The van der Waals surface area contributed by atoms with Crippen LogP contribution in [0, 0.1) is 0 Å². The summed E-state index contributed by atoms with van der Waals surface area (Å²) in [5.41, 5.74) is 4.20. The molecule has 31 heavy (non-hydrogen) atoms. The summed E-state index contributed by atoms with van der Waals surface area (Å²) in [6, 6.07) is 13.8. The third-order valence-corrected chi connectivity index (χ3v) is 5.77. The largest absolute Gasteiger partial charge is 0.497 e. The van der Waals surface area contributed by atoms with E-state index in [1.165, 1.54) is 0 Å². The van der Waals surface area contributed by atoms with E-state index < -0.39 is 0 Å². The van der Waals surface area contributed by atoms with Crippen molar-refractivity contribution >= 4 is 17.1 Å². The number of carbonyl (C=O) groups excluding carboxylic acids is 1. The summed E-state index contributed by atoms with van der Waals surface area (Å²) in [5.74, 6) is 0.792. The van der Waals surface area contributed by atoms with Gasteiger partial charge in [-0.15, -0.1) is 0 Å². The third-order valence-electron chi connectivity index (χ3n) is 5.77. The number of ether oxygens (including phenoxy) is 1. The highest BCUT2D eigenvalue weighted by atomic mass is 16.5. The van der Waals surface area contributed by atoms with Gasteiger partial charge in [0.15, 0.2) is 5.65 Å². The standard InChI is InChI=1S/C24H23N5O2/c1-31-20-7-2-6-18(11-20)22-8-4-10-29(22)24(30)19-12-21-23(26-14-19)28(16-27-21)15-17-5-3-9-25-13-17/h2-3,5-7,9,11-14,16,22H,4,8,10,15H2,1H3. The zero-order valence-corrected chi connectivity index (χ0v) is 17.3. The molecule has 4 heterocycles. The predicted octanol–water partition coefficient (Wildman–Crippen LogP) is 3.86. The van der Waals surface area contributed by atoms with Crippen LogP contribution in [0.25, 0.3) is 11.2 Å². The Balaban J connectivity index is 1.40. The van der Waals surface area contributed by atoms with Gasteiger partial charge >= 0.3 is 0 Å². The van der Waals surface area contributed by atoms with Gasteiger partial charge < -0.3 is 14.2 Å². The van der Waals surface area contributed by atoms with Crippen LogP contribution in [0.3, 0.4) is 0 Å². The van der Waals surface area contributed by atoms with Crippen LogP contribution in [0.5, 0.6) is 5.75 Å². The number of nitrogens with zero attached hydrogens (tertiary/aromatic N) is 5. The van der Waals surface area contributed by atoms with Gasteiger partial charge in [-0.2, -0.15) is 0 Å². The van der Waals surface area contributed by atoms with Gasteiger partial charge in [-0.3, -0.25) is 9.78 Å². The zero-order valence-electron chi connectivity index (χ0n) is 17.3. The molecule has 156 valence electrons. The second-order valence-electron chi connectivity index (χ2n) is 7.73. The van der Waals surface area contributed by atoms with Gasteiger partial charge in [0.1, 0.15) is 11.3 Å². The van der Waals surface area contributed by atoms with Crippen LogP contribution in [-0.4, -0.2) is 44.0 Å². The molecule has 1 fully saturated rings. The SMILES string of the molecule is COc1cccc(C2CCCN2C(=O)c2cnc3c(c2)ncn3Cc2cccnc2)c1. The van der Waals surface area contributed by atoms with Crippen LogP contribution in [0.4, 0.5) is 0 Å². The molecule has 0 radical (unpaired) electrons. The average molecular weight is 413 g/mol. The lowest BCUT2D eigenvalue weighted by atomic mass is 10.0. The molecule has 7 heteroatoms. The minimum absolute atomic E-state index is 0.0125. The van der Waals surface area contributed by atoms with Crippen molar-refractivity contribution in [3.05, 3.63) is 84.1 Å². The quantitative estimate of drug-likeness (QED) is 0.497. The molecule has 5 rings (SSSR count). The Bertz CT molecular complexity index is 1220. The third kappa shape index (κ3) is 3.74. The molecule has 0 bridgehead atoms. The molecule has 1 unspecified atom stereocenters. The molecule has 3 aromatic heterocycles. The van der Waals surface area contributed by atoms with Crippen molar-refractivity contribution in [1.82, 2.24) is 24.4 Å². The molecule has 7 nitrogen and oxygen atoms in total. The summed E-state index contributed by atoms with van der Waals surface area (Å²) in [5, 5.41) is 0. The van der Waals surface area contributed by atoms with E-state index in [0.29, 0.717) is 17.6 Å². The molecule has 0 N–H and O–H groups in total. The number of hydrogen-bond donors (Lipinski definition) is 0. The molecule has 4 aromatic rings. The molecule has 1 aliphatic rings. The second kappa shape index (κ2) is 8.18. The monoisotopic (exact) mass is 413 g/mol. The summed E-state index contributed by atoms with van der Waals surface area (Å²) in [6.07, 6.45) is 8.91. The van der Waals surface area contributed by atoms with E-state index in [-0.39, 0.29) is 11.9 Å². The highest BCUT2D eigenvalue weighted by molar-refractivity contribution is 5.96. The lowest BCUT2D eigenvalue weighted by Crippen LogP contribution is -2.30. The summed E-state index contributed by atoms with van der Waals surface area (Å²) in [4.78, 5) is 28.5. The number of carbonyl (C=O) groups is 1. The van der Waals surface area contributed by atoms with E-state index in [9.17, 15) is 4.79 Å². The minimum Gasteiger partial charge on any atom is -0.497 e. The van der Waals surface area contributed by atoms with Crippen molar-refractivity contribution in [2.45, 2.75) is 25.4 Å². The number of likely N-dealkylation sites (tertiary alicyclic amines) is 1. The molecule has 0 saturated carbocycles. The van der Waals surface area contributed by atoms with Crippen LogP contribution in [-0.2, 0) is 6.54 Å². The first-order chi connectivity index (χ1) is 15.2. The van der Waals surface area contributed by atoms with Gasteiger partial charge in [-0.25, -0.2) is 9.97 Å². The Morgan fingerprint density at radius 2 is 2.10 bits per heavy atom. The predicted molar refractivity (Wildman–Crippen MR) is 117 cm³/mol. The Morgan fingerprint density at radius 3 is 2.94 bits per heavy atom. The van der Waals surface area contributed by atoms with Gasteiger partial charge in [-0.05, 0) is 48.2 Å². The maximum Gasteiger partial charge on any atom is 0.256 e. The van der Waals surface area contributed by atoms with Crippen LogP contribution in [0.15, 0.2) is 67.4 Å². The normalized spacial score (nSPS) is 16.0. The maximum absolute atomic E-state index is 13.3. The molecule has 1 saturated heterocycles. The van der Waals surface area contributed by atoms with E-state index in [1.807, 2.05) is 52.1 Å². The summed E-state index contributed by atoms with van der Waals surface area (Å²) in [7, 11) is 1.66. The van der Waals surface area contributed by atoms with Crippen molar-refractivity contribution in [3.63, 3.8) is 0 Å². The van der Waals surface area contributed by atoms with Crippen molar-refractivity contribution in [3.8, 4) is 5.75 Å². The molecule has 1 aromatic carbocycles. The number of pyridine rings is 2. The topological polar surface area (TPSA) is 73.1 Å². The Hall–Kier alpha value is -3.74. The lowest BCUT2D eigenvalue weighted by Gasteiger charge is -2.25. The van der Waals surface area contributed by atoms with Crippen molar-refractivity contribution in [1.29, 1.82) is 0 Å². The number of rotatable bonds is 5. The van der Waals surface area contributed by atoms with Crippen LogP contribution in [0.2, 0.25) is 0 Å². The number of fused-ring (bicyclic) bond motifs is 1. The highest BCUT2D eigenvalue weighted by Crippen LogP contribution is 2.34. The number of amides is 1. The summed E-state index contributed by atoms with van der Waals surface area (Å²) >= 11 is 0. The highest BCUT2D eigenvalue weighted by Gasteiger charge is 2.31. The average Bonchev–Trinajstić information content (AvgIpc) is 3.47. The fourth-order valence-electron chi connectivity index (χ4n) is 4.24. The molecule has 0 spiro atoms. The van der Waals surface area contributed by atoms with Crippen molar-refractivity contribution in [2.75, 3.05) is 13.7 Å². The molecular weight excluding hydrogens is 390 g/mol. The van der Waals surface area contributed by atoms with E-state index >= 15 is 0 Å². The number of aromatic nitrogens is 4. The van der Waals surface area contributed by atoms with Crippen molar-refractivity contribution < 1.29 is 9.53 Å². The number of hydrogen-bond acceptors (Lipinski definition) is 5. The van der Waals surface area contributed by atoms with E-state index in [2.05, 4.69) is 21.0 Å². The zero-order chi connectivity index (χ0) is 21.2. The van der Waals surface area contributed by atoms with Gasteiger partial charge in [0.05, 0.1) is 31.6 Å². The first-order valence-corrected chi connectivity index (χ1v) is 10.4. The first-order valence-electron chi connectivity index (χ1n) is 10.4. The Morgan fingerprint density at radius 1 is 1.16 bits per heavy atom. The summed E-state index contributed by atoms with van der Waals surface area (Å²) < 4.78 is 7.33. The number of methoxy groups -OCH3 is 1. The lowest BCUT2D eigenvalue weighted by molar-refractivity contribution is 0.0735. The van der Waals surface area contributed by atoms with Gasteiger partial charge in [0.25, 0.3) is 5.91 Å². The molecular formula is C24H23N5O2. The first kappa shape index (κ1) is 19.2. The van der Waals surface area contributed by atoms with Gasteiger partial charge in [-0.1, -0.05) is 18.2 Å². The molecule has 1 atom stereocenters. The smallest absolute Gasteiger partial charge is 0.256 e. The van der Waals surface area contributed by atoms with Crippen LogP contribution >= 0.6 is 0 Å².